The molecule has 10 aromatic rings. The van der Waals surface area contributed by atoms with Crippen molar-refractivity contribution in [3.63, 3.8) is 0 Å². The summed E-state index contributed by atoms with van der Waals surface area (Å²) < 4.78 is 11.3. The van der Waals surface area contributed by atoms with Crippen molar-refractivity contribution in [2.24, 2.45) is 0 Å². The Morgan fingerprint density at radius 3 is 2.30 bits per heavy atom. The molecule has 202 valence electrons. The number of imidazole rings is 1. The van der Waals surface area contributed by atoms with Gasteiger partial charge in [0.1, 0.15) is 11.2 Å². The zero-order chi connectivity index (χ0) is 28.5. The first kappa shape index (κ1) is 22.7. The quantitative estimate of drug-likeness (QED) is 0.196. The van der Waals surface area contributed by atoms with Gasteiger partial charge in [0.15, 0.2) is 0 Å². The number of nitrogens with zero attached hydrogens (tertiary/aromatic N) is 3. The summed E-state index contributed by atoms with van der Waals surface area (Å²) in [6.45, 7) is 0.00773. The molecule has 0 spiro atoms. The normalized spacial score (nSPS) is 13.0. The highest BCUT2D eigenvalue weighted by Crippen LogP contribution is 2.37. The summed E-state index contributed by atoms with van der Waals surface area (Å²) in [6, 6.07) is 48.2. The highest BCUT2D eigenvalue weighted by molar-refractivity contribution is 6.99. The van der Waals surface area contributed by atoms with Gasteiger partial charge in [-0.05, 0) is 63.5 Å². The van der Waals surface area contributed by atoms with Crippen LogP contribution in [-0.4, -0.2) is 20.7 Å². The highest BCUT2D eigenvalue weighted by atomic mass is 16.3. The molecule has 11 rings (SSSR count). The van der Waals surface area contributed by atoms with Crippen molar-refractivity contribution < 1.29 is 4.42 Å². The van der Waals surface area contributed by atoms with Gasteiger partial charge >= 0.3 is 0 Å². The van der Waals surface area contributed by atoms with Gasteiger partial charge in [0.2, 0.25) is 12.5 Å². The number of benzene rings is 7. The van der Waals surface area contributed by atoms with Crippen LogP contribution in [0.4, 0.5) is 0 Å². The second kappa shape index (κ2) is 7.97. The Labute approximate surface area is 251 Å². The summed E-state index contributed by atoms with van der Waals surface area (Å²) in [5, 5.41) is 7.25. The van der Waals surface area contributed by atoms with Crippen LogP contribution >= 0.6 is 0 Å². The second-order valence-corrected chi connectivity index (χ2v) is 12.0. The van der Waals surface area contributed by atoms with E-state index in [2.05, 4.69) is 136 Å². The molecule has 0 saturated carbocycles. The first-order valence-electron chi connectivity index (χ1n) is 15.1. The van der Waals surface area contributed by atoms with E-state index in [4.69, 9.17) is 9.40 Å². The van der Waals surface area contributed by atoms with E-state index in [0.717, 1.165) is 44.4 Å². The summed E-state index contributed by atoms with van der Waals surface area (Å²) in [4.78, 5) is 5.31. The Balaban J connectivity index is 1.42. The third-order valence-corrected chi connectivity index (χ3v) is 9.76. The number of rotatable bonds is 1. The van der Waals surface area contributed by atoms with E-state index in [1.807, 2.05) is 6.07 Å². The van der Waals surface area contributed by atoms with E-state index in [-0.39, 0.29) is 6.71 Å². The van der Waals surface area contributed by atoms with Crippen molar-refractivity contribution in [2.45, 2.75) is 0 Å². The monoisotopic (exact) mass is 559 g/mol. The van der Waals surface area contributed by atoms with E-state index in [9.17, 15) is 0 Å². The Hall–Kier alpha value is -5.81. The lowest BCUT2D eigenvalue weighted by molar-refractivity contribution is 0.669. The SMILES string of the molecule is c1ccc2c(B3c4cc5oc6ccccc6c5cc4-n4c5c3ccc3cccc(c35)n3c5ccccc5nc43)cccc2c1. The Bertz CT molecular complexity index is 2850. The van der Waals surface area contributed by atoms with Crippen molar-refractivity contribution in [3.8, 4) is 5.69 Å². The molecule has 0 saturated heterocycles. The van der Waals surface area contributed by atoms with Crippen molar-refractivity contribution in [2.75, 3.05) is 0 Å². The van der Waals surface area contributed by atoms with E-state index in [1.165, 1.54) is 49.0 Å². The summed E-state index contributed by atoms with van der Waals surface area (Å²) in [5.74, 6) is 0.920. The number of aromatic nitrogens is 3. The molecule has 0 N–H and O–H groups in total. The molecule has 1 aliphatic heterocycles. The fourth-order valence-electron chi connectivity index (χ4n) is 7.95. The molecule has 0 bridgehead atoms. The molecule has 5 heteroatoms. The van der Waals surface area contributed by atoms with Crippen LogP contribution in [0.25, 0.3) is 77.0 Å². The molecule has 4 heterocycles. The van der Waals surface area contributed by atoms with Crippen LogP contribution in [0.3, 0.4) is 0 Å². The molecular weight excluding hydrogens is 537 g/mol. The second-order valence-electron chi connectivity index (χ2n) is 12.0. The lowest BCUT2D eigenvalue weighted by Gasteiger charge is -2.31. The van der Waals surface area contributed by atoms with Gasteiger partial charge in [-0.3, -0.25) is 8.97 Å². The topological polar surface area (TPSA) is 35.4 Å². The van der Waals surface area contributed by atoms with Gasteiger partial charge in [0.25, 0.3) is 0 Å². The molecular formula is C39H22BN3O. The van der Waals surface area contributed by atoms with Crippen LogP contribution in [-0.2, 0) is 0 Å². The standard InChI is InChI=1S/C39H22BN3O/c1-2-12-25-23(9-1)10-7-14-28(25)40-29-20-19-24-11-8-17-33-37(24)38(29)43(39-41-31-15-4-5-16-32(31)42(33)39)34-21-27-26-13-3-6-18-35(26)44-36(27)22-30(34)40/h1-22H. The molecule has 0 amide bonds. The fraction of sp³-hybridized carbons (Fsp3) is 0. The van der Waals surface area contributed by atoms with Crippen LogP contribution in [0.1, 0.15) is 0 Å². The molecule has 0 aliphatic carbocycles. The van der Waals surface area contributed by atoms with E-state index >= 15 is 0 Å². The minimum Gasteiger partial charge on any atom is -0.456 e. The molecule has 3 aromatic heterocycles. The average molecular weight is 559 g/mol. The average Bonchev–Trinajstić information content (AvgIpc) is 3.64. The third-order valence-electron chi connectivity index (χ3n) is 9.76. The van der Waals surface area contributed by atoms with Crippen molar-refractivity contribution in [1.82, 2.24) is 14.0 Å². The Kier molecular flexibility index (Phi) is 4.12. The van der Waals surface area contributed by atoms with E-state index in [0.29, 0.717) is 0 Å². The molecule has 0 unspecified atom stereocenters. The first-order valence-corrected chi connectivity index (χ1v) is 15.1. The van der Waals surface area contributed by atoms with Crippen LogP contribution < -0.4 is 16.4 Å². The zero-order valence-corrected chi connectivity index (χ0v) is 23.5. The van der Waals surface area contributed by atoms with Crippen LogP contribution in [0.2, 0.25) is 0 Å². The molecule has 0 fully saturated rings. The minimum absolute atomic E-state index is 0.00773. The highest BCUT2D eigenvalue weighted by Gasteiger charge is 2.36. The summed E-state index contributed by atoms with van der Waals surface area (Å²) in [7, 11) is 0. The predicted molar refractivity (Wildman–Crippen MR) is 183 cm³/mol. The Morgan fingerprint density at radius 1 is 0.545 bits per heavy atom. The molecule has 0 radical (unpaired) electrons. The molecule has 4 nitrogen and oxygen atoms in total. The largest absolute Gasteiger partial charge is 0.456 e. The lowest BCUT2D eigenvalue weighted by Crippen LogP contribution is -2.56. The van der Waals surface area contributed by atoms with Gasteiger partial charge in [-0.2, -0.15) is 0 Å². The summed E-state index contributed by atoms with van der Waals surface area (Å²) in [5.41, 5.74) is 11.3. The minimum atomic E-state index is 0.00773. The molecule has 0 atom stereocenters. The van der Waals surface area contributed by atoms with Crippen LogP contribution in [0.5, 0.6) is 0 Å². The van der Waals surface area contributed by atoms with Gasteiger partial charge in [-0.15, -0.1) is 0 Å². The molecule has 7 aromatic carbocycles. The molecule has 44 heavy (non-hydrogen) atoms. The van der Waals surface area contributed by atoms with Crippen LogP contribution in [0, 0.1) is 0 Å². The number of hydrogen-bond acceptors (Lipinski definition) is 2. The van der Waals surface area contributed by atoms with Gasteiger partial charge in [-0.1, -0.05) is 103 Å². The van der Waals surface area contributed by atoms with Crippen LogP contribution in [0.15, 0.2) is 138 Å². The summed E-state index contributed by atoms with van der Waals surface area (Å²) >= 11 is 0. The maximum Gasteiger partial charge on any atom is 0.247 e. The first-order chi connectivity index (χ1) is 21.8. The van der Waals surface area contributed by atoms with Crippen molar-refractivity contribution >= 4 is 94.4 Å². The smallest absolute Gasteiger partial charge is 0.247 e. The molecule has 1 aliphatic rings. The third kappa shape index (κ3) is 2.73. The van der Waals surface area contributed by atoms with Crippen molar-refractivity contribution in [3.05, 3.63) is 133 Å². The Morgan fingerprint density at radius 2 is 1.32 bits per heavy atom. The maximum atomic E-state index is 6.51. The maximum absolute atomic E-state index is 6.51. The van der Waals surface area contributed by atoms with Gasteiger partial charge in [0.05, 0.1) is 22.1 Å². The number of hydrogen-bond donors (Lipinski definition) is 0. The number of para-hydroxylation sites is 3. The van der Waals surface area contributed by atoms with E-state index < -0.39 is 0 Å². The number of furan rings is 1. The summed E-state index contributed by atoms with van der Waals surface area (Å²) in [6.07, 6.45) is 0. The van der Waals surface area contributed by atoms with Gasteiger partial charge in [0, 0.05) is 21.8 Å². The fourth-order valence-corrected chi connectivity index (χ4v) is 7.95. The number of fused-ring (bicyclic) bond motifs is 11. The van der Waals surface area contributed by atoms with Crippen molar-refractivity contribution in [1.29, 1.82) is 0 Å². The van der Waals surface area contributed by atoms with Gasteiger partial charge in [-0.25, -0.2) is 4.98 Å². The predicted octanol–water partition coefficient (Wildman–Crippen LogP) is 7.47. The zero-order valence-electron chi connectivity index (χ0n) is 23.5. The van der Waals surface area contributed by atoms with E-state index in [1.54, 1.807) is 0 Å². The lowest BCUT2D eigenvalue weighted by atomic mass is 9.35. The van der Waals surface area contributed by atoms with Gasteiger partial charge < -0.3 is 4.42 Å².